The molecule has 3 atom stereocenters. The Morgan fingerprint density at radius 2 is 1.59 bits per heavy atom. The predicted octanol–water partition coefficient (Wildman–Crippen LogP) is 3.47. The molecule has 4 heteroatoms. The van der Waals surface area contributed by atoms with E-state index in [1.807, 2.05) is 0 Å². The van der Waals surface area contributed by atoms with Crippen LogP contribution in [0.1, 0.15) is 38.5 Å². The number of ether oxygens (including phenoxy) is 1. The van der Waals surface area contributed by atoms with Crippen LogP contribution in [0.3, 0.4) is 0 Å². The van der Waals surface area contributed by atoms with Gasteiger partial charge in [-0.3, -0.25) is 9.80 Å². The average molecular weight is 370 g/mol. The van der Waals surface area contributed by atoms with Crippen molar-refractivity contribution in [3.05, 3.63) is 24.3 Å². The molecule has 4 nitrogen and oxygen atoms in total. The molecule has 0 N–H and O–H groups in total. The van der Waals surface area contributed by atoms with Crippen molar-refractivity contribution in [2.75, 3.05) is 51.3 Å². The lowest BCUT2D eigenvalue weighted by molar-refractivity contribution is 0.0617. The second-order valence-electron chi connectivity index (χ2n) is 9.20. The van der Waals surface area contributed by atoms with Gasteiger partial charge in [0.05, 0.1) is 12.8 Å². The van der Waals surface area contributed by atoms with Crippen LogP contribution in [0.5, 0.6) is 5.75 Å². The molecule has 1 aromatic carbocycles. The maximum Gasteiger partial charge on any atom is 0.142 e. The number of benzene rings is 1. The summed E-state index contributed by atoms with van der Waals surface area (Å²) in [6, 6.07) is 10.2. The van der Waals surface area contributed by atoms with Crippen LogP contribution in [0, 0.1) is 11.8 Å². The van der Waals surface area contributed by atoms with E-state index in [0.29, 0.717) is 0 Å². The van der Waals surface area contributed by atoms with Gasteiger partial charge in [0.1, 0.15) is 5.75 Å². The smallest absolute Gasteiger partial charge is 0.142 e. The fourth-order valence-electron chi connectivity index (χ4n) is 6.46. The molecule has 2 heterocycles. The molecule has 2 aliphatic heterocycles. The van der Waals surface area contributed by atoms with Crippen molar-refractivity contribution in [1.82, 2.24) is 9.80 Å². The highest BCUT2D eigenvalue weighted by Gasteiger charge is 2.43. The van der Waals surface area contributed by atoms with E-state index in [2.05, 4.69) is 39.0 Å². The van der Waals surface area contributed by atoms with Crippen LogP contribution in [0.25, 0.3) is 0 Å². The number of para-hydroxylation sites is 2. The van der Waals surface area contributed by atoms with Gasteiger partial charge in [-0.1, -0.05) is 18.6 Å². The van der Waals surface area contributed by atoms with Crippen LogP contribution in [0.2, 0.25) is 0 Å². The minimum Gasteiger partial charge on any atom is -0.495 e. The third kappa shape index (κ3) is 3.47. The monoisotopic (exact) mass is 369 g/mol. The molecule has 2 bridgehead atoms. The first-order valence-electron chi connectivity index (χ1n) is 11.2. The summed E-state index contributed by atoms with van der Waals surface area (Å²) >= 11 is 0. The molecule has 148 valence electrons. The summed E-state index contributed by atoms with van der Waals surface area (Å²) in [7, 11) is 1.78. The summed E-state index contributed by atoms with van der Waals surface area (Å²) in [6.45, 7) is 7.30. The lowest BCUT2D eigenvalue weighted by Crippen LogP contribution is -2.54. The summed E-state index contributed by atoms with van der Waals surface area (Å²) in [5.41, 5.74) is 1.26. The van der Waals surface area contributed by atoms with E-state index in [0.717, 1.165) is 42.8 Å². The Labute approximate surface area is 164 Å². The second kappa shape index (κ2) is 7.63. The molecule has 5 rings (SSSR count). The Balaban J connectivity index is 1.12. The summed E-state index contributed by atoms with van der Waals surface area (Å²) < 4.78 is 5.56. The molecule has 2 saturated heterocycles. The highest BCUT2D eigenvalue weighted by Crippen LogP contribution is 2.47. The number of fused-ring (bicyclic) bond motifs is 2. The lowest BCUT2D eigenvalue weighted by Gasteiger charge is -2.45. The molecule has 0 radical (unpaired) electrons. The molecule has 27 heavy (non-hydrogen) atoms. The van der Waals surface area contributed by atoms with E-state index < -0.39 is 0 Å². The Kier molecular flexibility index (Phi) is 5.04. The number of hydrogen-bond donors (Lipinski definition) is 0. The molecule has 0 unspecified atom stereocenters. The van der Waals surface area contributed by atoms with Crippen LogP contribution in [-0.4, -0.2) is 68.3 Å². The number of piperazine rings is 1. The van der Waals surface area contributed by atoms with Gasteiger partial charge >= 0.3 is 0 Å². The molecular weight excluding hydrogens is 334 g/mol. The van der Waals surface area contributed by atoms with Crippen LogP contribution < -0.4 is 9.64 Å². The third-order valence-electron chi connectivity index (χ3n) is 7.93. The van der Waals surface area contributed by atoms with Crippen molar-refractivity contribution >= 4 is 5.69 Å². The normalized spacial score (nSPS) is 32.9. The summed E-state index contributed by atoms with van der Waals surface area (Å²) in [5, 5.41) is 0. The summed E-state index contributed by atoms with van der Waals surface area (Å²) in [4.78, 5) is 8.13. The summed E-state index contributed by atoms with van der Waals surface area (Å²) in [5.74, 6) is 3.11. The van der Waals surface area contributed by atoms with Crippen LogP contribution >= 0.6 is 0 Å². The zero-order valence-corrected chi connectivity index (χ0v) is 16.9. The highest BCUT2D eigenvalue weighted by molar-refractivity contribution is 5.58. The number of nitrogens with zero attached hydrogens (tertiary/aromatic N) is 3. The maximum atomic E-state index is 5.56. The maximum absolute atomic E-state index is 5.56. The Bertz CT molecular complexity index is 634. The van der Waals surface area contributed by atoms with Crippen LogP contribution in [-0.2, 0) is 0 Å². The topological polar surface area (TPSA) is 19.0 Å². The minimum absolute atomic E-state index is 0.805. The SMILES string of the molecule is COc1ccccc1N1CCN(C2CCN([C@@H]3C[C@H]4CC[C@@H]3C4)CC2)CC1. The van der Waals surface area contributed by atoms with Crippen molar-refractivity contribution < 1.29 is 4.74 Å². The molecule has 0 aromatic heterocycles. The van der Waals surface area contributed by atoms with E-state index >= 15 is 0 Å². The van der Waals surface area contributed by atoms with Crippen LogP contribution in [0.15, 0.2) is 24.3 Å². The van der Waals surface area contributed by atoms with Crippen molar-refractivity contribution in [2.45, 2.75) is 50.6 Å². The fourth-order valence-corrected chi connectivity index (χ4v) is 6.46. The fraction of sp³-hybridized carbons (Fsp3) is 0.739. The first kappa shape index (κ1) is 17.8. The molecule has 1 aromatic rings. The number of anilines is 1. The molecule has 2 saturated carbocycles. The van der Waals surface area contributed by atoms with Gasteiger partial charge in [-0.05, 0) is 69.2 Å². The zero-order valence-electron chi connectivity index (χ0n) is 16.9. The zero-order chi connectivity index (χ0) is 18.2. The third-order valence-corrected chi connectivity index (χ3v) is 7.93. The number of rotatable bonds is 4. The number of likely N-dealkylation sites (tertiary alicyclic amines) is 1. The van der Waals surface area contributed by atoms with Gasteiger partial charge in [0.25, 0.3) is 0 Å². The van der Waals surface area contributed by atoms with Gasteiger partial charge in [0.2, 0.25) is 0 Å². The minimum atomic E-state index is 0.805. The van der Waals surface area contributed by atoms with E-state index in [4.69, 9.17) is 4.74 Å². The van der Waals surface area contributed by atoms with Crippen molar-refractivity contribution in [2.24, 2.45) is 11.8 Å². The second-order valence-corrected chi connectivity index (χ2v) is 9.20. The molecule has 0 spiro atoms. The number of methoxy groups -OCH3 is 1. The first-order chi connectivity index (χ1) is 13.3. The standard InChI is InChI=1S/C23H35N3O/c1-27-23-5-3-2-4-21(23)26-14-12-24(13-15-26)20-8-10-25(11-9-20)22-17-18-6-7-19(22)16-18/h2-5,18-20,22H,6-17H2,1H3/t18-,19+,22+/m0/s1. The van der Waals surface area contributed by atoms with Crippen LogP contribution in [0.4, 0.5) is 5.69 Å². The molecule has 4 aliphatic rings. The lowest BCUT2D eigenvalue weighted by atomic mass is 9.91. The Morgan fingerprint density at radius 1 is 0.815 bits per heavy atom. The molecule has 2 aliphatic carbocycles. The van der Waals surface area contributed by atoms with Gasteiger partial charge in [0.15, 0.2) is 0 Å². The van der Waals surface area contributed by atoms with Gasteiger partial charge in [-0.25, -0.2) is 0 Å². The average Bonchev–Trinajstić information content (AvgIpc) is 3.38. The number of hydrogen-bond acceptors (Lipinski definition) is 4. The van der Waals surface area contributed by atoms with E-state index in [1.54, 1.807) is 7.11 Å². The molecular formula is C23H35N3O. The number of piperidine rings is 1. The molecule has 0 amide bonds. The van der Waals surface area contributed by atoms with Crippen molar-refractivity contribution in [3.8, 4) is 5.75 Å². The van der Waals surface area contributed by atoms with Gasteiger partial charge < -0.3 is 9.64 Å². The van der Waals surface area contributed by atoms with Gasteiger partial charge in [-0.2, -0.15) is 0 Å². The Morgan fingerprint density at radius 3 is 2.26 bits per heavy atom. The highest BCUT2D eigenvalue weighted by atomic mass is 16.5. The molecule has 4 fully saturated rings. The Hall–Kier alpha value is -1.26. The largest absolute Gasteiger partial charge is 0.495 e. The van der Waals surface area contributed by atoms with E-state index in [9.17, 15) is 0 Å². The van der Waals surface area contributed by atoms with E-state index in [1.165, 1.54) is 70.4 Å². The van der Waals surface area contributed by atoms with Crippen molar-refractivity contribution in [1.29, 1.82) is 0 Å². The van der Waals surface area contributed by atoms with Gasteiger partial charge in [0, 0.05) is 38.3 Å². The van der Waals surface area contributed by atoms with Gasteiger partial charge in [-0.15, -0.1) is 0 Å². The quantitative estimate of drug-likeness (QED) is 0.809. The first-order valence-corrected chi connectivity index (χ1v) is 11.2. The van der Waals surface area contributed by atoms with Crippen molar-refractivity contribution in [3.63, 3.8) is 0 Å². The van der Waals surface area contributed by atoms with E-state index in [-0.39, 0.29) is 0 Å². The summed E-state index contributed by atoms with van der Waals surface area (Å²) in [6.07, 6.45) is 8.84. The predicted molar refractivity (Wildman–Crippen MR) is 111 cm³/mol.